The molecule has 0 aromatic heterocycles. The van der Waals surface area contributed by atoms with E-state index in [4.69, 9.17) is 17.3 Å². The summed E-state index contributed by atoms with van der Waals surface area (Å²) >= 11 is 5.79. The maximum Gasteiger partial charge on any atom is 0.262 e. The largest absolute Gasteiger partial charge is 0.398 e. The minimum atomic E-state index is -3.95. The van der Waals surface area contributed by atoms with Gasteiger partial charge in [0.2, 0.25) is 0 Å². The number of rotatable bonds is 3. The Morgan fingerprint density at radius 3 is 2.55 bits per heavy atom. The topological polar surface area (TPSA) is 72.2 Å². The Hall–Kier alpha value is -1.79. The molecule has 0 bridgehead atoms. The molecule has 0 aliphatic rings. The SMILES string of the molecule is Cc1ccc(S(=O)(=O)Nc2c(F)cccc2Cl)cc1N. The molecule has 0 saturated heterocycles. The van der Waals surface area contributed by atoms with Crippen molar-refractivity contribution in [3.05, 3.63) is 52.8 Å². The monoisotopic (exact) mass is 314 g/mol. The fraction of sp³-hybridized carbons (Fsp3) is 0.0769. The first-order valence-electron chi connectivity index (χ1n) is 5.64. The summed E-state index contributed by atoms with van der Waals surface area (Å²) in [4.78, 5) is -0.0556. The lowest BCUT2D eigenvalue weighted by Gasteiger charge is -2.11. The van der Waals surface area contributed by atoms with Crippen LogP contribution in [0.2, 0.25) is 5.02 Å². The Bertz CT molecular complexity index is 743. The molecule has 0 radical (unpaired) electrons. The molecular formula is C13H12ClFN2O2S. The average molecular weight is 315 g/mol. The molecule has 2 aromatic rings. The van der Waals surface area contributed by atoms with Crippen LogP contribution in [-0.2, 0) is 10.0 Å². The van der Waals surface area contributed by atoms with Crippen LogP contribution in [0.1, 0.15) is 5.56 Å². The number of hydrogen-bond acceptors (Lipinski definition) is 3. The van der Waals surface area contributed by atoms with Gasteiger partial charge in [-0.1, -0.05) is 23.7 Å². The van der Waals surface area contributed by atoms with E-state index in [1.807, 2.05) is 0 Å². The van der Waals surface area contributed by atoms with Crippen molar-refractivity contribution >= 4 is 33.0 Å². The normalized spacial score (nSPS) is 11.3. The third kappa shape index (κ3) is 2.86. The van der Waals surface area contributed by atoms with Crippen LogP contribution in [0.3, 0.4) is 0 Å². The lowest BCUT2D eigenvalue weighted by atomic mass is 10.2. The minimum Gasteiger partial charge on any atom is -0.398 e. The van der Waals surface area contributed by atoms with Gasteiger partial charge in [-0.05, 0) is 36.8 Å². The van der Waals surface area contributed by atoms with Crippen molar-refractivity contribution in [2.45, 2.75) is 11.8 Å². The molecular weight excluding hydrogens is 303 g/mol. The third-order valence-corrected chi connectivity index (χ3v) is 4.42. The highest BCUT2D eigenvalue weighted by atomic mass is 35.5. The number of sulfonamides is 1. The van der Waals surface area contributed by atoms with Gasteiger partial charge in [0.25, 0.3) is 10.0 Å². The number of nitrogens with two attached hydrogens (primary N) is 1. The van der Waals surface area contributed by atoms with E-state index in [2.05, 4.69) is 4.72 Å². The predicted octanol–water partition coefficient (Wildman–Crippen LogP) is 3.17. The zero-order valence-electron chi connectivity index (χ0n) is 10.5. The van der Waals surface area contributed by atoms with Crippen LogP contribution in [0.4, 0.5) is 15.8 Å². The molecule has 7 heteroatoms. The van der Waals surface area contributed by atoms with Gasteiger partial charge in [-0.15, -0.1) is 0 Å². The minimum absolute atomic E-state index is 0.0198. The van der Waals surface area contributed by atoms with Crippen LogP contribution >= 0.6 is 11.6 Å². The number of nitrogen functional groups attached to an aromatic ring is 1. The summed E-state index contributed by atoms with van der Waals surface area (Å²) in [5, 5.41) is -0.0198. The summed E-state index contributed by atoms with van der Waals surface area (Å²) in [6, 6.07) is 8.18. The van der Waals surface area contributed by atoms with E-state index in [-0.39, 0.29) is 15.6 Å². The first-order chi connectivity index (χ1) is 9.31. The van der Waals surface area contributed by atoms with Crippen molar-refractivity contribution in [1.29, 1.82) is 0 Å². The average Bonchev–Trinajstić information content (AvgIpc) is 2.37. The first kappa shape index (κ1) is 14.6. The van der Waals surface area contributed by atoms with Crippen LogP contribution in [0, 0.1) is 12.7 Å². The fourth-order valence-corrected chi connectivity index (χ4v) is 2.96. The number of anilines is 2. The van der Waals surface area contributed by atoms with Crippen molar-refractivity contribution in [1.82, 2.24) is 0 Å². The van der Waals surface area contributed by atoms with Crippen LogP contribution in [0.15, 0.2) is 41.3 Å². The van der Waals surface area contributed by atoms with Crippen LogP contribution in [-0.4, -0.2) is 8.42 Å². The zero-order valence-corrected chi connectivity index (χ0v) is 12.1. The Morgan fingerprint density at radius 1 is 1.25 bits per heavy atom. The molecule has 2 rings (SSSR count). The number of para-hydroxylation sites is 1. The Kier molecular flexibility index (Phi) is 3.87. The second-order valence-corrected chi connectivity index (χ2v) is 6.31. The number of halogens is 2. The van der Waals surface area contributed by atoms with Crippen molar-refractivity contribution in [3.8, 4) is 0 Å². The van der Waals surface area contributed by atoms with Crippen LogP contribution < -0.4 is 10.5 Å². The molecule has 0 amide bonds. The predicted molar refractivity (Wildman–Crippen MR) is 77.8 cm³/mol. The molecule has 0 spiro atoms. The molecule has 2 aromatic carbocycles. The van der Waals surface area contributed by atoms with Gasteiger partial charge in [0, 0.05) is 5.69 Å². The number of hydrogen-bond donors (Lipinski definition) is 2. The van der Waals surface area contributed by atoms with Crippen LogP contribution in [0.5, 0.6) is 0 Å². The standard InChI is InChI=1S/C13H12ClFN2O2S/c1-8-5-6-9(7-12(8)16)20(18,19)17-13-10(14)3-2-4-11(13)15/h2-7,17H,16H2,1H3. The number of benzene rings is 2. The highest BCUT2D eigenvalue weighted by Crippen LogP contribution is 2.28. The van der Waals surface area contributed by atoms with Gasteiger partial charge in [-0.25, -0.2) is 12.8 Å². The van der Waals surface area contributed by atoms with Gasteiger partial charge in [-0.3, -0.25) is 4.72 Å². The molecule has 0 unspecified atom stereocenters. The van der Waals surface area contributed by atoms with Gasteiger partial charge < -0.3 is 5.73 Å². The summed E-state index contributed by atoms with van der Waals surface area (Å²) in [6.07, 6.45) is 0. The smallest absolute Gasteiger partial charge is 0.262 e. The molecule has 0 aliphatic carbocycles. The molecule has 4 nitrogen and oxygen atoms in total. The van der Waals surface area contributed by atoms with Gasteiger partial charge in [0.05, 0.1) is 9.92 Å². The number of nitrogens with one attached hydrogen (secondary N) is 1. The maximum atomic E-state index is 13.6. The lowest BCUT2D eigenvalue weighted by molar-refractivity contribution is 0.598. The molecule has 0 heterocycles. The van der Waals surface area contributed by atoms with E-state index in [1.54, 1.807) is 13.0 Å². The summed E-state index contributed by atoms with van der Waals surface area (Å²) < 4.78 is 40.1. The molecule has 0 fully saturated rings. The zero-order chi connectivity index (χ0) is 14.9. The highest BCUT2D eigenvalue weighted by Gasteiger charge is 2.18. The van der Waals surface area contributed by atoms with Crippen LogP contribution in [0.25, 0.3) is 0 Å². The number of aryl methyl sites for hydroxylation is 1. The summed E-state index contributed by atoms with van der Waals surface area (Å²) in [7, 11) is -3.95. The highest BCUT2D eigenvalue weighted by molar-refractivity contribution is 7.92. The molecule has 0 aliphatic heterocycles. The summed E-state index contributed by atoms with van der Waals surface area (Å²) in [6.45, 7) is 1.76. The van der Waals surface area contributed by atoms with E-state index in [9.17, 15) is 12.8 Å². The van der Waals surface area contributed by atoms with Gasteiger partial charge in [0.1, 0.15) is 11.5 Å². The van der Waals surface area contributed by atoms with Crippen molar-refractivity contribution in [2.75, 3.05) is 10.5 Å². The fourth-order valence-electron chi connectivity index (χ4n) is 1.57. The van der Waals surface area contributed by atoms with E-state index < -0.39 is 15.8 Å². The second-order valence-electron chi connectivity index (χ2n) is 4.22. The lowest BCUT2D eigenvalue weighted by Crippen LogP contribution is -2.14. The van der Waals surface area contributed by atoms with Gasteiger partial charge >= 0.3 is 0 Å². The molecule has 0 atom stereocenters. The van der Waals surface area contributed by atoms with E-state index in [0.717, 1.165) is 11.6 Å². The summed E-state index contributed by atoms with van der Waals surface area (Å²) in [5.41, 5.74) is 6.49. The van der Waals surface area contributed by atoms with Gasteiger partial charge in [-0.2, -0.15) is 0 Å². The Labute approximate surface area is 121 Å². The van der Waals surface area contributed by atoms with Crippen molar-refractivity contribution < 1.29 is 12.8 Å². The van der Waals surface area contributed by atoms with E-state index >= 15 is 0 Å². The molecule has 20 heavy (non-hydrogen) atoms. The maximum absolute atomic E-state index is 13.6. The molecule has 0 saturated carbocycles. The van der Waals surface area contributed by atoms with Crippen molar-refractivity contribution in [2.24, 2.45) is 0 Å². The molecule has 3 N–H and O–H groups in total. The van der Waals surface area contributed by atoms with Crippen molar-refractivity contribution in [3.63, 3.8) is 0 Å². The second kappa shape index (κ2) is 5.30. The van der Waals surface area contributed by atoms with E-state index in [1.165, 1.54) is 24.3 Å². The first-order valence-corrected chi connectivity index (χ1v) is 7.50. The summed E-state index contributed by atoms with van der Waals surface area (Å²) in [5.74, 6) is -0.749. The Morgan fingerprint density at radius 2 is 1.95 bits per heavy atom. The quantitative estimate of drug-likeness (QED) is 0.855. The molecule has 106 valence electrons. The van der Waals surface area contributed by atoms with Gasteiger partial charge in [0.15, 0.2) is 0 Å². The van der Waals surface area contributed by atoms with E-state index in [0.29, 0.717) is 5.69 Å². The third-order valence-electron chi connectivity index (χ3n) is 2.76. The Balaban J connectivity index is 2.43.